The Morgan fingerprint density at radius 3 is 2.07 bits per heavy atom. The molecule has 3 aliphatic rings. The topological polar surface area (TPSA) is 49.3 Å². The van der Waals surface area contributed by atoms with Crippen molar-refractivity contribution >= 4 is 24.4 Å². The summed E-state index contributed by atoms with van der Waals surface area (Å²) in [6.07, 6.45) is 10.7. The summed E-state index contributed by atoms with van der Waals surface area (Å²) in [6.45, 7) is 8.31. The summed E-state index contributed by atoms with van der Waals surface area (Å²) in [5, 5.41) is 0.311. The first-order chi connectivity index (χ1) is 13.4. The second-order valence-corrected chi connectivity index (χ2v) is 10.0. The van der Waals surface area contributed by atoms with Crippen molar-refractivity contribution in [2.45, 2.75) is 82.7 Å². The molecule has 0 spiro atoms. The molecule has 1 saturated carbocycles. The number of aromatic nitrogens is 2. The van der Waals surface area contributed by atoms with Crippen LogP contribution in [0, 0.1) is 11.8 Å². The maximum atomic E-state index is 12.3. The van der Waals surface area contributed by atoms with Crippen molar-refractivity contribution in [1.29, 1.82) is 0 Å². The maximum Gasteiger partial charge on any atom is 0.225 e. The van der Waals surface area contributed by atoms with Crippen molar-refractivity contribution in [3.63, 3.8) is 0 Å². The largest absolute Gasteiger partial charge is 0.332 e. The molecule has 0 amide bonds. The molecular formula is C22H34N4OS. The molecule has 28 heavy (non-hydrogen) atoms. The van der Waals surface area contributed by atoms with E-state index in [0.29, 0.717) is 29.2 Å². The van der Waals surface area contributed by atoms with Crippen molar-refractivity contribution in [2.75, 3.05) is 18.0 Å². The van der Waals surface area contributed by atoms with Crippen LogP contribution < -0.4 is 4.90 Å². The Balaban J connectivity index is 1.38. The lowest BCUT2D eigenvalue weighted by molar-refractivity contribution is -0.126. The molecule has 0 N–H and O–H groups in total. The molecular weight excluding hydrogens is 368 g/mol. The average Bonchev–Trinajstić information content (AvgIpc) is 2.96. The summed E-state index contributed by atoms with van der Waals surface area (Å²) in [7, 11) is 0. The Bertz CT molecular complexity index is 670. The number of fused-ring (bicyclic) bond motifs is 2. The van der Waals surface area contributed by atoms with E-state index in [4.69, 9.17) is 9.97 Å². The van der Waals surface area contributed by atoms with Gasteiger partial charge in [-0.2, -0.15) is 12.6 Å². The van der Waals surface area contributed by atoms with Crippen molar-refractivity contribution in [1.82, 2.24) is 14.9 Å². The Labute approximate surface area is 174 Å². The molecule has 6 heteroatoms. The second kappa shape index (κ2) is 8.31. The fourth-order valence-electron chi connectivity index (χ4n) is 5.43. The van der Waals surface area contributed by atoms with E-state index in [1.54, 1.807) is 0 Å². The maximum absolute atomic E-state index is 12.3. The summed E-state index contributed by atoms with van der Waals surface area (Å²) in [5.74, 6) is 2.26. The number of piperazine rings is 1. The van der Waals surface area contributed by atoms with Crippen LogP contribution in [0.15, 0.2) is 12.4 Å². The van der Waals surface area contributed by atoms with Gasteiger partial charge >= 0.3 is 0 Å². The Kier molecular flexibility index (Phi) is 5.98. The lowest BCUT2D eigenvalue weighted by atomic mass is 9.76. The van der Waals surface area contributed by atoms with Gasteiger partial charge in [0.25, 0.3) is 0 Å². The van der Waals surface area contributed by atoms with E-state index in [-0.39, 0.29) is 11.8 Å². The number of likely N-dealkylation sites (tertiary alicyclic amines) is 1. The third kappa shape index (κ3) is 3.95. The fourth-order valence-corrected chi connectivity index (χ4v) is 5.61. The zero-order chi connectivity index (χ0) is 19.8. The zero-order valence-electron chi connectivity index (χ0n) is 17.4. The minimum absolute atomic E-state index is 0.158. The van der Waals surface area contributed by atoms with E-state index < -0.39 is 0 Å². The van der Waals surface area contributed by atoms with Crippen LogP contribution in [-0.2, 0) is 4.79 Å². The molecule has 2 bridgehead atoms. The van der Waals surface area contributed by atoms with Crippen LogP contribution in [-0.4, -0.2) is 51.2 Å². The molecule has 3 fully saturated rings. The number of hydrogen-bond acceptors (Lipinski definition) is 6. The number of nitrogens with zero attached hydrogens (tertiary/aromatic N) is 4. The van der Waals surface area contributed by atoms with Gasteiger partial charge in [-0.25, -0.2) is 9.97 Å². The van der Waals surface area contributed by atoms with Crippen LogP contribution in [0.3, 0.4) is 0 Å². The number of hydrogen-bond donors (Lipinski definition) is 1. The monoisotopic (exact) mass is 402 g/mol. The molecule has 154 valence electrons. The number of Topliss-reactive ketones (excluding diaryl/α,β-unsaturated/α-hetero) is 1. The van der Waals surface area contributed by atoms with E-state index in [1.165, 1.54) is 18.4 Å². The highest BCUT2D eigenvalue weighted by Crippen LogP contribution is 2.38. The van der Waals surface area contributed by atoms with Gasteiger partial charge in [0.05, 0.1) is 5.37 Å². The second-order valence-electron chi connectivity index (χ2n) is 9.30. The number of carbonyl (C=O) groups is 1. The number of thiol groups is 1. The van der Waals surface area contributed by atoms with Gasteiger partial charge in [-0.1, -0.05) is 13.8 Å². The summed E-state index contributed by atoms with van der Waals surface area (Å²) < 4.78 is 0. The van der Waals surface area contributed by atoms with Gasteiger partial charge in [-0.15, -0.1) is 0 Å². The highest BCUT2D eigenvalue weighted by atomic mass is 32.1. The SMILES string of the molecule is CC(C)C(=O)[C@H]1CC[C@@H](c2cnc(N3C4CCC3CN(C(C)S)C4)nc2)CC1. The lowest BCUT2D eigenvalue weighted by Gasteiger charge is -2.42. The summed E-state index contributed by atoms with van der Waals surface area (Å²) in [6, 6.07) is 1.02. The molecule has 2 aliphatic heterocycles. The van der Waals surface area contributed by atoms with Crippen molar-refractivity contribution in [2.24, 2.45) is 11.8 Å². The first-order valence-electron chi connectivity index (χ1n) is 11.0. The predicted octanol–water partition coefficient (Wildman–Crippen LogP) is 3.90. The van der Waals surface area contributed by atoms with Crippen molar-refractivity contribution in [3.8, 4) is 0 Å². The Morgan fingerprint density at radius 2 is 1.57 bits per heavy atom. The molecule has 2 saturated heterocycles. The molecule has 1 aliphatic carbocycles. The molecule has 3 heterocycles. The highest BCUT2D eigenvalue weighted by molar-refractivity contribution is 7.80. The van der Waals surface area contributed by atoms with Crippen LogP contribution in [0.1, 0.15) is 70.8 Å². The van der Waals surface area contributed by atoms with Crippen LogP contribution in [0.4, 0.5) is 5.95 Å². The summed E-state index contributed by atoms with van der Waals surface area (Å²) in [5.41, 5.74) is 1.24. The van der Waals surface area contributed by atoms with Gasteiger partial charge in [0.2, 0.25) is 5.95 Å². The zero-order valence-corrected chi connectivity index (χ0v) is 18.3. The van der Waals surface area contributed by atoms with Gasteiger partial charge < -0.3 is 4.90 Å². The van der Waals surface area contributed by atoms with E-state index >= 15 is 0 Å². The quantitative estimate of drug-likeness (QED) is 0.757. The Hall–Kier alpha value is -1.14. The third-order valence-corrected chi connectivity index (χ3v) is 7.42. The first kappa shape index (κ1) is 20.1. The van der Waals surface area contributed by atoms with Crippen LogP contribution in [0.5, 0.6) is 0 Å². The fraction of sp³-hybridized carbons (Fsp3) is 0.773. The van der Waals surface area contributed by atoms with Crippen LogP contribution in [0.25, 0.3) is 0 Å². The molecule has 3 unspecified atom stereocenters. The first-order valence-corrected chi connectivity index (χ1v) is 11.5. The third-order valence-electron chi connectivity index (χ3n) is 7.10. The van der Waals surface area contributed by atoms with Gasteiger partial charge in [-0.05, 0) is 56.9 Å². The highest BCUT2D eigenvalue weighted by Gasteiger charge is 2.42. The summed E-state index contributed by atoms with van der Waals surface area (Å²) in [4.78, 5) is 26.7. The normalized spacial score (nSPS) is 32.0. The predicted molar refractivity (Wildman–Crippen MR) is 116 cm³/mol. The number of anilines is 1. The minimum atomic E-state index is 0.158. The average molecular weight is 403 g/mol. The van der Waals surface area contributed by atoms with E-state index in [2.05, 4.69) is 29.4 Å². The summed E-state index contributed by atoms with van der Waals surface area (Å²) >= 11 is 4.62. The molecule has 1 aromatic heterocycles. The molecule has 0 aromatic carbocycles. The van der Waals surface area contributed by atoms with Crippen molar-refractivity contribution < 1.29 is 4.79 Å². The van der Waals surface area contributed by atoms with Gasteiger partial charge in [0.15, 0.2) is 0 Å². The Morgan fingerprint density at radius 1 is 1.00 bits per heavy atom. The van der Waals surface area contributed by atoms with Gasteiger partial charge in [-0.3, -0.25) is 9.69 Å². The number of ketones is 1. The number of rotatable bonds is 5. The lowest BCUT2D eigenvalue weighted by Crippen LogP contribution is -2.55. The molecule has 3 atom stereocenters. The standard InChI is InChI=1S/C22H34N4OS/c1-14(2)21(27)17-6-4-16(5-7-17)18-10-23-22(24-11-18)26-19-8-9-20(26)13-25(12-19)15(3)28/h10-11,14-17,19-20,28H,4-9,12-13H2,1-3H3/t15?,16-,17+,19?,20?. The van der Waals surface area contributed by atoms with Crippen LogP contribution in [0.2, 0.25) is 0 Å². The van der Waals surface area contributed by atoms with Crippen LogP contribution >= 0.6 is 12.6 Å². The smallest absolute Gasteiger partial charge is 0.225 e. The molecule has 5 nitrogen and oxygen atoms in total. The van der Waals surface area contributed by atoms with E-state index in [9.17, 15) is 4.79 Å². The van der Waals surface area contributed by atoms with Gasteiger partial charge in [0.1, 0.15) is 5.78 Å². The minimum Gasteiger partial charge on any atom is -0.332 e. The number of carbonyl (C=O) groups excluding carboxylic acids is 1. The van der Waals surface area contributed by atoms with E-state index in [1.807, 2.05) is 26.2 Å². The van der Waals surface area contributed by atoms with E-state index in [0.717, 1.165) is 44.7 Å². The molecule has 0 radical (unpaired) electrons. The van der Waals surface area contributed by atoms with Crippen molar-refractivity contribution in [3.05, 3.63) is 18.0 Å². The molecule has 4 rings (SSSR count). The molecule has 1 aromatic rings. The van der Waals surface area contributed by atoms with Gasteiger partial charge in [0, 0.05) is 49.4 Å².